The van der Waals surface area contributed by atoms with Crippen LogP contribution in [0.2, 0.25) is 0 Å². The standard InChI is InChI=1S/C12H21NO/c14-12-9-3-5-10(12)11(6-4-9)13-7-1-2-8-13/h9-12,14H,1-8H2/p+1/t9-,10+,11-,12+/m0/s1. The van der Waals surface area contributed by atoms with Gasteiger partial charge in [-0.2, -0.15) is 0 Å². The number of fused-ring (bicyclic) bond motifs is 2. The van der Waals surface area contributed by atoms with Crippen molar-refractivity contribution >= 4 is 0 Å². The average Bonchev–Trinajstić information content (AvgIpc) is 2.76. The summed E-state index contributed by atoms with van der Waals surface area (Å²) in [5.74, 6) is 1.32. The molecular formula is C12H22NO+. The van der Waals surface area contributed by atoms with E-state index in [4.69, 9.17) is 0 Å². The highest BCUT2D eigenvalue weighted by Gasteiger charge is 2.47. The summed E-state index contributed by atoms with van der Waals surface area (Å²) in [4.78, 5) is 1.81. The molecule has 1 aliphatic heterocycles. The smallest absolute Gasteiger partial charge is 0.0928 e. The molecule has 1 heterocycles. The predicted molar refractivity (Wildman–Crippen MR) is 55.2 cm³/mol. The zero-order chi connectivity index (χ0) is 9.54. The van der Waals surface area contributed by atoms with Gasteiger partial charge in [0.15, 0.2) is 0 Å². The van der Waals surface area contributed by atoms with Crippen molar-refractivity contribution in [3.8, 4) is 0 Å². The van der Waals surface area contributed by atoms with Gasteiger partial charge in [-0.15, -0.1) is 0 Å². The van der Waals surface area contributed by atoms with Crippen LogP contribution in [0.5, 0.6) is 0 Å². The van der Waals surface area contributed by atoms with Crippen LogP contribution >= 0.6 is 0 Å². The molecule has 4 atom stereocenters. The molecule has 2 heteroatoms. The third kappa shape index (κ3) is 1.31. The Morgan fingerprint density at radius 2 is 1.64 bits per heavy atom. The Morgan fingerprint density at radius 3 is 2.43 bits per heavy atom. The predicted octanol–water partition coefficient (Wildman–Crippen LogP) is 0.215. The Labute approximate surface area is 86.3 Å². The number of likely N-dealkylation sites (tertiary alicyclic amines) is 1. The lowest BCUT2D eigenvalue weighted by Crippen LogP contribution is -3.15. The van der Waals surface area contributed by atoms with Crippen molar-refractivity contribution in [1.82, 2.24) is 0 Å². The molecule has 3 aliphatic rings. The fraction of sp³-hybridized carbons (Fsp3) is 1.00. The second-order valence-electron chi connectivity index (χ2n) is 5.54. The highest BCUT2D eigenvalue weighted by molar-refractivity contribution is 4.93. The molecule has 2 bridgehead atoms. The molecule has 0 amide bonds. The lowest BCUT2D eigenvalue weighted by atomic mass is 9.81. The van der Waals surface area contributed by atoms with E-state index in [1.54, 1.807) is 0 Å². The van der Waals surface area contributed by atoms with Crippen LogP contribution in [-0.2, 0) is 0 Å². The SMILES string of the molecule is O[C@@H]1[C@H]2CC[C@@H]1[C@@H]([NH+]1CCCC1)CC2. The van der Waals surface area contributed by atoms with Gasteiger partial charge in [0, 0.05) is 25.2 Å². The number of aliphatic hydroxyl groups is 1. The van der Waals surface area contributed by atoms with E-state index in [9.17, 15) is 5.11 Å². The first-order chi connectivity index (χ1) is 6.86. The zero-order valence-corrected chi connectivity index (χ0v) is 8.91. The highest BCUT2D eigenvalue weighted by Crippen LogP contribution is 2.41. The quantitative estimate of drug-likeness (QED) is 0.616. The van der Waals surface area contributed by atoms with Crippen molar-refractivity contribution in [1.29, 1.82) is 0 Å². The fourth-order valence-corrected chi connectivity index (χ4v) is 4.17. The molecule has 14 heavy (non-hydrogen) atoms. The molecule has 0 spiro atoms. The van der Waals surface area contributed by atoms with E-state index in [0.29, 0.717) is 11.8 Å². The normalized spacial score (nSPS) is 48.6. The number of aliphatic hydroxyl groups excluding tert-OH is 1. The van der Waals surface area contributed by atoms with Gasteiger partial charge in [-0.1, -0.05) is 0 Å². The maximum Gasteiger partial charge on any atom is 0.0928 e. The molecule has 2 nitrogen and oxygen atoms in total. The molecule has 2 saturated carbocycles. The summed E-state index contributed by atoms with van der Waals surface area (Å²) >= 11 is 0. The number of rotatable bonds is 1. The van der Waals surface area contributed by atoms with E-state index in [1.165, 1.54) is 51.6 Å². The monoisotopic (exact) mass is 196 g/mol. The number of hydrogen-bond donors (Lipinski definition) is 2. The van der Waals surface area contributed by atoms with Gasteiger partial charge in [-0.05, 0) is 25.2 Å². The summed E-state index contributed by atoms with van der Waals surface area (Å²) in [6, 6.07) is 0.811. The molecule has 3 fully saturated rings. The Balaban J connectivity index is 1.73. The van der Waals surface area contributed by atoms with Gasteiger partial charge in [0.1, 0.15) is 0 Å². The maximum absolute atomic E-state index is 10.1. The molecular weight excluding hydrogens is 174 g/mol. The Kier molecular flexibility index (Phi) is 2.29. The van der Waals surface area contributed by atoms with Crippen molar-refractivity contribution in [3.05, 3.63) is 0 Å². The minimum atomic E-state index is 0.0573. The first-order valence-corrected chi connectivity index (χ1v) is 6.39. The Hall–Kier alpha value is -0.0800. The third-order valence-electron chi connectivity index (χ3n) is 4.93. The number of nitrogens with one attached hydrogen (secondary N) is 1. The molecule has 0 radical (unpaired) electrons. The zero-order valence-electron chi connectivity index (χ0n) is 8.91. The fourth-order valence-electron chi connectivity index (χ4n) is 4.17. The first-order valence-electron chi connectivity index (χ1n) is 6.39. The van der Waals surface area contributed by atoms with Crippen molar-refractivity contribution < 1.29 is 10.0 Å². The molecule has 0 unspecified atom stereocenters. The summed E-state index contributed by atoms with van der Waals surface area (Å²) in [5.41, 5.74) is 0. The maximum atomic E-state index is 10.1. The molecule has 1 saturated heterocycles. The van der Waals surface area contributed by atoms with E-state index in [0.717, 1.165) is 6.04 Å². The van der Waals surface area contributed by atoms with Gasteiger partial charge in [0.2, 0.25) is 0 Å². The minimum Gasteiger partial charge on any atom is -0.392 e. The summed E-state index contributed by atoms with van der Waals surface area (Å²) in [6.07, 6.45) is 8.18. The lowest BCUT2D eigenvalue weighted by molar-refractivity contribution is -0.919. The van der Waals surface area contributed by atoms with Gasteiger partial charge >= 0.3 is 0 Å². The van der Waals surface area contributed by atoms with Gasteiger partial charge in [-0.25, -0.2) is 0 Å². The third-order valence-corrected chi connectivity index (χ3v) is 4.93. The molecule has 80 valence electrons. The first kappa shape index (κ1) is 9.17. The molecule has 2 aliphatic carbocycles. The molecule has 0 aromatic carbocycles. The number of quaternary nitrogens is 1. The second-order valence-corrected chi connectivity index (χ2v) is 5.54. The van der Waals surface area contributed by atoms with E-state index in [2.05, 4.69) is 0 Å². The molecule has 3 rings (SSSR count). The van der Waals surface area contributed by atoms with Crippen LogP contribution in [0.4, 0.5) is 0 Å². The molecule has 2 N–H and O–H groups in total. The average molecular weight is 196 g/mol. The summed E-state index contributed by atoms with van der Waals surface area (Å²) < 4.78 is 0. The molecule has 0 aromatic rings. The van der Waals surface area contributed by atoms with Gasteiger partial charge < -0.3 is 10.0 Å². The Bertz CT molecular complexity index is 212. The van der Waals surface area contributed by atoms with Crippen LogP contribution in [0.25, 0.3) is 0 Å². The van der Waals surface area contributed by atoms with Crippen LogP contribution in [0.3, 0.4) is 0 Å². The minimum absolute atomic E-state index is 0.0573. The van der Waals surface area contributed by atoms with E-state index in [-0.39, 0.29) is 6.10 Å². The van der Waals surface area contributed by atoms with Crippen molar-refractivity contribution in [2.75, 3.05) is 13.1 Å². The Morgan fingerprint density at radius 1 is 0.929 bits per heavy atom. The summed E-state index contributed by atoms with van der Waals surface area (Å²) in [5, 5.41) is 10.1. The highest BCUT2D eigenvalue weighted by atomic mass is 16.3. The topological polar surface area (TPSA) is 24.7 Å². The summed E-state index contributed by atoms with van der Waals surface area (Å²) in [6.45, 7) is 2.75. The number of hydrogen-bond acceptors (Lipinski definition) is 1. The van der Waals surface area contributed by atoms with Gasteiger partial charge in [-0.3, -0.25) is 0 Å². The van der Waals surface area contributed by atoms with Crippen molar-refractivity contribution in [3.63, 3.8) is 0 Å². The van der Waals surface area contributed by atoms with Crippen LogP contribution in [-0.4, -0.2) is 30.3 Å². The van der Waals surface area contributed by atoms with Crippen molar-refractivity contribution in [2.24, 2.45) is 11.8 Å². The second kappa shape index (κ2) is 3.49. The van der Waals surface area contributed by atoms with E-state index < -0.39 is 0 Å². The largest absolute Gasteiger partial charge is 0.392 e. The van der Waals surface area contributed by atoms with Crippen molar-refractivity contribution in [2.45, 2.75) is 50.7 Å². The van der Waals surface area contributed by atoms with Gasteiger partial charge in [0.05, 0.1) is 25.2 Å². The van der Waals surface area contributed by atoms with Crippen LogP contribution in [0, 0.1) is 11.8 Å². The van der Waals surface area contributed by atoms with Crippen LogP contribution in [0.1, 0.15) is 38.5 Å². The summed E-state index contributed by atoms with van der Waals surface area (Å²) in [7, 11) is 0. The van der Waals surface area contributed by atoms with E-state index in [1.807, 2.05) is 4.90 Å². The van der Waals surface area contributed by atoms with E-state index >= 15 is 0 Å². The van der Waals surface area contributed by atoms with Crippen LogP contribution in [0.15, 0.2) is 0 Å². The van der Waals surface area contributed by atoms with Crippen LogP contribution < -0.4 is 4.90 Å². The molecule has 0 aromatic heterocycles. The van der Waals surface area contributed by atoms with Gasteiger partial charge in [0.25, 0.3) is 0 Å². The lowest BCUT2D eigenvalue weighted by Gasteiger charge is -2.36.